The maximum absolute atomic E-state index is 12.7. The molecule has 2 aromatic carbocycles. The van der Waals surface area contributed by atoms with Gasteiger partial charge in [0.2, 0.25) is 0 Å². The van der Waals surface area contributed by atoms with Crippen LogP contribution in [0.4, 0.5) is 0 Å². The fourth-order valence-corrected chi connectivity index (χ4v) is 7.05. The van der Waals surface area contributed by atoms with Crippen molar-refractivity contribution >= 4 is 32.6 Å². The number of nitrogens with zero attached hydrogens (tertiary/aromatic N) is 2. The second kappa shape index (κ2) is 10.4. The van der Waals surface area contributed by atoms with Crippen LogP contribution in [-0.2, 0) is 28.1 Å². The summed E-state index contributed by atoms with van der Waals surface area (Å²) >= 11 is 3.45. The summed E-state index contributed by atoms with van der Waals surface area (Å²) < 4.78 is 9.43. The Morgan fingerprint density at radius 2 is 1.95 bits per heavy atom. The Morgan fingerprint density at radius 3 is 2.68 bits per heavy atom. The number of para-hydroxylation sites is 1. The first-order valence-electron chi connectivity index (χ1n) is 13.4. The van der Waals surface area contributed by atoms with Crippen molar-refractivity contribution in [3.63, 3.8) is 0 Å². The number of hydrogen-bond acceptors (Lipinski definition) is 4. The van der Waals surface area contributed by atoms with Crippen LogP contribution in [0.2, 0.25) is 0 Å². The second-order valence-electron chi connectivity index (χ2n) is 10.9. The van der Waals surface area contributed by atoms with E-state index in [1.54, 1.807) is 6.08 Å². The van der Waals surface area contributed by atoms with E-state index in [2.05, 4.69) is 50.5 Å². The average molecular weight is 566 g/mol. The molecular weight excluding hydrogens is 528 g/mol. The Kier molecular flexibility index (Phi) is 7.36. The van der Waals surface area contributed by atoms with Crippen molar-refractivity contribution in [3.05, 3.63) is 82.1 Å². The molecule has 3 unspecified atom stereocenters. The molecule has 196 valence electrons. The van der Waals surface area contributed by atoms with Crippen LogP contribution in [-0.4, -0.2) is 40.6 Å². The van der Waals surface area contributed by atoms with Gasteiger partial charge in [-0.2, -0.15) is 0 Å². The van der Waals surface area contributed by atoms with Crippen molar-refractivity contribution in [2.75, 3.05) is 20.2 Å². The smallest absolute Gasteiger partial charge is 0.161 e. The molecule has 0 saturated carbocycles. The third-order valence-electron chi connectivity index (χ3n) is 8.47. The fourth-order valence-electron chi connectivity index (χ4n) is 6.78. The molecule has 3 heterocycles. The maximum atomic E-state index is 12.7. The summed E-state index contributed by atoms with van der Waals surface area (Å²) in [7, 11) is 1.82. The predicted molar refractivity (Wildman–Crippen MR) is 151 cm³/mol. The molecule has 3 atom stereocenters. The first-order chi connectivity index (χ1) is 17.8. The number of allylic oxidation sites excluding steroid dienone is 1. The standard InChI is InChI=1S/C31H37BrN2O3/c1-4-31-16-7-17-33(18-14-24(35)20-22-10-12-23(32)13-11-22)19-15-26-25-8-5-6-9-27(25)34(30(2,36)21-31)28(26)29(31)37-3/h5-6,8-14,18,29,36H,4,7,15-17,19-21H2,1-3H3/b18-14+. The van der Waals surface area contributed by atoms with Crippen LogP contribution in [0.3, 0.4) is 0 Å². The number of rotatable bonds is 6. The summed E-state index contributed by atoms with van der Waals surface area (Å²) in [6.07, 6.45) is 8.41. The number of ether oxygens (including phenoxy) is 1. The number of carbonyl (C=O) groups is 1. The Bertz CT molecular complexity index is 1310. The van der Waals surface area contributed by atoms with Gasteiger partial charge in [-0.25, -0.2) is 0 Å². The van der Waals surface area contributed by atoms with Crippen molar-refractivity contribution in [1.29, 1.82) is 0 Å². The van der Waals surface area contributed by atoms with Crippen molar-refractivity contribution < 1.29 is 14.6 Å². The zero-order valence-corrected chi connectivity index (χ0v) is 23.6. The monoisotopic (exact) mass is 564 g/mol. The zero-order valence-electron chi connectivity index (χ0n) is 22.0. The number of benzene rings is 2. The van der Waals surface area contributed by atoms with Gasteiger partial charge >= 0.3 is 0 Å². The Morgan fingerprint density at radius 1 is 1.19 bits per heavy atom. The fraction of sp³-hybridized carbons (Fsp3) is 0.452. The number of methoxy groups -OCH3 is 1. The van der Waals surface area contributed by atoms with Gasteiger partial charge in [0.1, 0.15) is 11.8 Å². The largest absolute Gasteiger partial charge is 0.377 e. The number of aliphatic hydroxyl groups is 1. The summed E-state index contributed by atoms with van der Waals surface area (Å²) in [4.78, 5) is 15.0. The molecule has 2 bridgehead atoms. The molecule has 0 amide bonds. The van der Waals surface area contributed by atoms with Gasteiger partial charge in [-0.05, 0) is 68.0 Å². The highest BCUT2D eigenvalue weighted by molar-refractivity contribution is 9.10. The van der Waals surface area contributed by atoms with Crippen molar-refractivity contribution in [1.82, 2.24) is 9.47 Å². The SMILES string of the molecule is CCC12CCCN(/C=C/C(=O)Cc3ccc(Br)cc3)CCc3c(n(c4ccccc34)C(C)(O)C1)C2OC. The molecule has 0 aliphatic carbocycles. The van der Waals surface area contributed by atoms with Gasteiger partial charge in [-0.3, -0.25) is 4.79 Å². The lowest BCUT2D eigenvalue weighted by Gasteiger charge is -2.50. The highest BCUT2D eigenvalue weighted by Gasteiger charge is 2.52. The lowest BCUT2D eigenvalue weighted by Crippen LogP contribution is -2.48. The molecule has 0 saturated heterocycles. The summed E-state index contributed by atoms with van der Waals surface area (Å²) in [5, 5.41) is 13.0. The van der Waals surface area contributed by atoms with Crippen molar-refractivity contribution in [2.24, 2.45) is 5.41 Å². The molecular formula is C31H37BrN2O3. The Labute approximate surface area is 228 Å². The molecule has 1 N–H and O–H groups in total. The summed E-state index contributed by atoms with van der Waals surface area (Å²) in [5.74, 6) is 0.108. The lowest BCUT2D eigenvalue weighted by molar-refractivity contribution is -0.144. The van der Waals surface area contributed by atoms with Crippen LogP contribution >= 0.6 is 15.9 Å². The summed E-state index contributed by atoms with van der Waals surface area (Å²) in [6.45, 7) is 5.86. The number of halogens is 1. The van der Waals surface area contributed by atoms with E-state index >= 15 is 0 Å². The molecule has 0 spiro atoms. The van der Waals surface area contributed by atoms with Gasteiger partial charge in [-0.1, -0.05) is 53.2 Å². The summed E-state index contributed by atoms with van der Waals surface area (Å²) in [6, 6.07) is 16.3. The van der Waals surface area contributed by atoms with E-state index in [1.165, 1.54) is 10.9 Å². The topological polar surface area (TPSA) is 54.7 Å². The number of aromatic nitrogens is 1. The van der Waals surface area contributed by atoms with E-state index in [0.717, 1.165) is 60.0 Å². The molecule has 2 aliphatic heterocycles. The van der Waals surface area contributed by atoms with E-state index in [0.29, 0.717) is 12.8 Å². The molecule has 5 rings (SSSR count). The number of carbonyl (C=O) groups excluding carboxylic acids is 1. The lowest BCUT2D eigenvalue weighted by atomic mass is 9.66. The first kappa shape index (κ1) is 26.2. The van der Waals surface area contributed by atoms with Crippen LogP contribution in [0.5, 0.6) is 0 Å². The van der Waals surface area contributed by atoms with Gasteiger partial charge in [0.15, 0.2) is 5.78 Å². The molecule has 5 nitrogen and oxygen atoms in total. The number of fused-ring (bicyclic) bond motifs is 4. The Hall–Kier alpha value is -2.41. The average Bonchev–Trinajstić information content (AvgIpc) is 3.21. The third kappa shape index (κ3) is 4.91. The van der Waals surface area contributed by atoms with E-state index in [4.69, 9.17) is 4.74 Å². The van der Waals surface area contributed by atoms with Gasteiger partial charge in [0, 0.05) is 54.5 Å². The van der Waals surface area contributed by atoms with E-state index in [-0.39, 0.29) is 17.3 Å². The third-order valence-corrected chi connectivity index (χ3v) is 8.99. The van der Waals surface area contributed by atoms with Gasteiger partial charge in [0.25, 0.3) is 0 Å². The van der Waals surface area contributed by atoms with Gasteiger partial charge < -0.3 is 19.3 Å². The molecule has 37 heavy (non-hydrogen) atoms. The van der Waals surface area contributed by atoms with Crippen LogP contribution in [0.25, 0.3) is 10.9 Å². The molecule has 0 radical (unpaired) electrons. The van der Waals surface area contributed by atoms with Crippen LogP contribution in [0.15, 0.2) is 65.3 Å². The van der Waals surface area contributed by atoms with Gasteiger partial charge in [0.05, 0.1) is 11.2 Å². The highest BCUT2D eigenvalue weighted by Crippen LogP contribution is 2.56. The van der Waals surface area contributed by atoms with E-state index in [9.17, 15) is 9.90 Å². The molecule has 6 heteroatoms. The van der Waals surface area contributed by atoms with Crippen LogP contribution in [0.1, 0.15) is 62.5 Å². The Balaban J connectivity index is 1.48. The van der Waals surface area contributed by atoms with E-state index < -0.39 is 5.72 Å². The molecule has 2 aliphatic rings. The van der Waals surface area contributed by atoms with Crippen molar-refractivity contribution in [2.45, 2.75) is 64.2 Å². The van der Waals surface area contributed by atoms with Crippen LogP contribution < -0.4 is 0 Å². The van der Waals surface area contributed by atoms with E-state index in [1.807, 2.05) is 50.6 Å². The number of hydrogen-bond donors (Lipinski definition) is 1. The molecule has 0 fully saturated rings. The number of ketones is 1. The van der Waals surface area contributed by atoms with Gasteiger partial charge in [-0.15, -0.1) is 0 Å². The minimum Gasteiger partial charge on any atom is -0.377 e. The quantitative estimate of drug-likeness (QED) is 0.346. The zero-order chi connectivity index (χ0) is 26.2. The first-order valence-corrected chi connectivity index (χ1v) is 14.1. The second-order valence-corrected chi connectivity index (χ2v) is 11.8. The van der Waals surface area contributed by atoms with Crippen molar-refractivity contribution in [3.8, 4) is 0 Å². The normalized spacial score (nSPS) is 26.1. The predicted octanol–water partition coefficient (Wildman–Crippen LogP) is 6.52. The minimum absolute atomic E-state index is 0.0605. The molecule has 1 aromatic heterocycles. The highest BCUT2D eigenvalue weighted by atomic mass is 79.9. The van der Waals surface area contributed by atoms with Crippen LogP contribution in [0, 0.1) is 5.41 Å². The molecule has 3 aromatic rings. The minimum atomic E-state index is -0.976. The summed E-state index contributed by atoms with van der Waals surface area (Å²) in [5.41, 5.74) is 3.33. The maximum Gasteiger partial charge on any atom is 0.161 e.